The van der Waals surface area contributed by atoms with Crippen molar-refractivity contribution in [3.05, 3.63) is 34.4 Å². The van der Waals surface area contributed by atoms with E-state index in [0.29, 0.717) is 11.6 Å². The molecule has 0 fully saturated rings. The summed E-state index contributed by atoms with van der Waals surface area (Å²) < 4.78 is 2.80. The molecular weight excluding hydrogens is 304 g/mol. The molecule has 19 heavy (non-hydrogen) atoms. The van der Waals surface area contributed by atoms with Gasteiger partial charge < -0.3 is 0 Å². The Bertz CT molecular complexity index is 610. The van der Waals surface area contributed by atoms with E-state index in [4.69, 9.17) is 5.26 Å². The molecule has 2 aromatic rings. The van der Waals surface area contributed by atoms with Crippen molar-refractivity contribution in [1.29, 1.82) is 5.26 Å². The number of nitriles is 1. The Labute approximate surface area is 121 Å². The van der Waals surface area contributed by atoms with Gasteiger partial charge in [0, 0.05) is 16.6 Å². The Balaban J connectivity index is 2.42. The zero-order valence-electron chi connectivity index (χ0n) is 11.0. The summed E-state index contributed by atoms with van der Waals surface area (Å²) in [4.78, 5) is 0. The standard InChI is InChI=1S/C14H15BrN4/c1-10(2)6-7-19-14(13(9-16)17-18-19)11-4-3-5-12(15)8-11/h3-5,8,10H,6-7H2,1-2H3. The van der Waals surface area contributed by atoms with Crippen LogP contribution in [0.15, 0.2) is 28.7 Å². The van der Waals surface area contributed by atoms with Crippen LogP contribution in [0.1, 0.15) is 26.0 Å². The molecule has 0 N–H and O–H groups in total. The van der Waals surface area contributed by atoms with Gasteiger partial charge in [0.2, 0.25) is 0 Å². The zero-order chi connectivity index (χ0) is 13.8. The summed E-state index contributed by atoms with van der Waals surface area (Å²) in [6.07, 6.45) is 1.01. The van der Waals surface area contributed by atoms with Crippen LogP contribution in [0.5, 0.6) is 0 Å². The minimum absolute atomic E-state index is 0.377. The Hall–Kier alpha value is -1.67. The number of aryl methyl sites for hydroxylation is 1. The van der Waals surface area contributed by atoms with Crippen molar-refractivity contribution >= 4 is 15.9 Å². The van der Waals surface area contributed by atoms with Crippen LogP contribution in [0, 0.1) is 17.2 Å². The molecule has 0 aliphatic carbocycles. The average molecular weight is 319 g/mol. The Morgan fingerprint density at radius 3 is 2.84 bits per heavy atom. The molecule has 1 aromatic carbocycles. The average Bonchev–Trinajstić information content (AvgIpc) is 2.79. The Kier molecular flexibility index (Phi) is 4.33. The van der Waals surface area contributed by atoms with Crippen LogP contribution in [0.4, 0.5) is 0 Å². The van der Waals surface area contributed by atoms with Gasteiger partial charge in [0.15, 0.2) is 5.69 Å². The minimum Gasteiger partial charge on any atom is -0.243 e. The maximum absolute atomic E-state index is 9.16. The highest BCUT2D eigenvalue weighted by molar-refractivity contribution is 9.10. The van der Waals surface area contributed by atoms with Crippen LogP contribution in [0.25, 0.3) is 11.3 Å². The lowest BCUT2D eigenvalue weighted by Crippen LogP contribution is -2.05. The topological polar surface area (TPSA) is 54.5 Å². The molecule has 0 aliphatic rings. The molecule has 0 aliphatic heterocycles. The summed E-state index contributed by atoms with van der Waals surface area (Å²) in [5, 5.41) is 17.2. The van der Waals surface area contributed by atoms with Gasteiger partial charge in [0.1, 0.15) is 11.8 Å². The van der Waals surface area contributed by atoms with Crippen molar-refractivity contribution in [2.75, 3.05) is 0 Å². The normalized spacial score (nSPS) is 10.7. The molecule has 0 atom stereocenters. The second kappa shape index (κ2) is 5.98. The molecular formula is C14H15BrN4. The van der Waals surface area contributed by atoms with Crippen molar-refractivity contribution in [1.82, 2.24) is 15.0 Å². The van der Waals surface area contributed by atoms with E-state index in [2.05, 4.69) is 46.2 Å². The molecule has 0 unspecified atom stereocenters. The molecule has 98 valence electrons. The van der Waals surface area contributed by atoms with Gasteiger partial charge in [-0.25, -0.2) is 4.68 Å². The van der Waals surface area contributed by atoms with Gasteiger partial charge in [-0.15, -0.1) is 5.10 Å². The van der Waals surface area contributed by atoms with Gasteiger partial charge in [0.25, 0.3) is 0 Å². The predicted octanol–water partition coefficient (Wildman–Crippen LogP) is 3.63. The zero-order valence-corrected chi connectivity index (χ0v) is 12.6. The van der Waals surface area contributed by atoms with Crippen LogP contribution in [-0.2, 0) is 6.54 Å². The number of hydrogen-bond acceptors (Lipinski definition) is 3. The van der Waals surface area contributed by atoms with E-state index in [9.17, 15) is 0 Å². The van der Waals surface area contributed by atoms with Crippen LogP contribution in [0.3, 0.4) is 0 Å². The van der Waals surface area contributed by atoms with Gasteiger partial charge in [-0.1, -0.05) is 47.1 Å². The third kappa shape index (κ3) is 3.21. The molecule has 1 aromatic heterocycles. The maximum atomic E-state index is 9.16. The van der Waals surface area contributed by atoms with Crippen molar-refractivity contribution in [3.8, 4) is 17.3 Å². The van der Waals surface area contributed by atoms with Gasteiger partial charge in [-0.2, -0.15) is 5.26 Å². The molecule has 4 nitrogen and oxygen atoms in total. The first-order valence-corrected chi connectivity index (χ1v) is 7.00. The highest BCUT2D eigenvalue weighted by Gasteiger charge is 2.15. The third-order valence-electron chi connectivity index (χ3n) is 2.86. The van der Waals surface area contributed by atoms with E-state index in [1.54, 1.807) is 0 Å². The van der Waals surface area contributed by atoms with E-state index in [1.807, 2.05) is 28.9 Å². The molecule has 5 heteroatoms. The summed E-state index contributed by atoms with van der Waals surface area (Å²) in [6, 6.07) is 9.96. The predicted molar refractivity (Wildman–Crippen MR) is 77.3 cm³/mol. The first kappa shape index (κ1) is 13.8. The van der Waals surface area contributed by atoms with E-state index >= 15 is 0 Å². The smallest absolute Gasteiger partial charge is 0.190 e. The molecule has 0 radical (unpaired) electrons. The molecule has 1 heterocycles. The van der Waals surface area contributed by atoms with Crippen LogP contribution >= 0.6 is 15.9 Å². The Morgan fingerprint density at radius 2 is 2.21 bits per heavy atom. The lowest BCUT2D eigenvalue weighted by atomic mass is 10.1. The summed E-state index contributed by atoms with van der Waals surface area (Å²) in [7, 11) is 0. The molecule has 0 saturated carbocycles. The first-order valence-electron chi connectivity index (χ1n) is 6.21. The second-order valence-corrected chi connectivity index (χ2v) is 5.73. The van der Waals surface area contributed by atoms with Gasteiger partial charge in [-0.3, -0.25) is 0 Å². The quantitative estimate of drug-likeness (QED) is 0.865. The van der Waals surface area contributed by atoms with Gasteiger partial charge in [-0.05, 0) is 24.5 Å². The minimum atomic E-state index is 0.377. The molecule has 0 spiro atoms. The summed E-state index contributed by atoms with van der Waals surface area (Å²) in [5.41, 5.74) is 2.13. The van der Waals surface area contributed by atoms with E-state index in [0.717, 1.165) is 28.7 Å². The van der Waals surface area contributed by atoms with E-state index in [1.165, 1.54) is 0 Å². The lowest BCUT2D eigenvalue weighted by Gasteiger charge is -2.08. The fourth-order valence-corrected chi connectivity index (χ4v) is 2.25. The third-order valence-corrected chi connectivity index (χ3v) is 3.35. The lowest BCUT2D eigenvalue weighted by molar-refractivity contribution is 0.481. The van der Waals surface area contributed by atoms with Crippen LogP contribution in [-0.4, -0.2) is 15.0 Å². The summed E-state index contributed by atoms with van der Waals surface area (Å²) >= 11 is 3.45. The fraction of sp³-hybridized carbons (Fsp3) is 0.357. The molecule has 2 rings (SSSR count). The molecule has 0 amide bonds. The summed E-state index contributed by atoms with van der Waals surface area (Å²) in [6.45, 7) is 5.11. The number of hydrogen-bond donors (Lipinski definition) is 0. The fourth-order valence-electron chi connectivity index (χ4n) is 1.85. The van der Waals surface area contributed by atoms with Crippen LogP contribution < -0.4 is 0 Å². The molecule has 0 saturated heterocycles. The van der Waals surface area contributed by atoms with Crippen molar-refractivity contribution < 1.29 is 0 Å². The monoisotopic (exact) mass is 318 g/mol. The van der Waals surface area contributed by atoms with E-state index in [-0.39, 0.29) is 0 Å². The highest BCUT2D eigenvalue weighted by atomic mass is 79.9. The maximum Gasteiger partial charge on any atom is 0.190 e. The number of rotatable bonds is 4. The van der Waals surface area contributed by atoms with Gasteiger partial charge in [0.05, 0.1) is 0 Å². The van der Waals surface area contributed by atoms with Crippen molar-refractivity contribution in [3.63, 3.8) is 0 Å². The van der Waals surface area contributed by atoms with Crippen molar-refractivity contribution in [2.45, 2.75) is 26.8 Å². The Morgan fingerprint density at radius 1 is 1.42 bits per heavy atom. The highest BCUT2D eigenvalue weighted by Crippen LogP contribution is 2.25. The second-order valence-electron chi connectivity index (χ2n) is 4.81. The van der Waals surface area contributed by atoms with Crippen molar-refractivity contribution in [2.24, 2.45) is 5.92 Å². The van der Waals surface area contributed by atoms with Crippen LogP contribution in [0.2, 0.25) is 0 Å². The number of aromatic nitrogens is 3. The van der Waals surface area contributed by atoms with E-state index < -0.39 is 0 Å². The number of halogens is 1. The number of nitrogens with zero attached hydrogens (tertiary/aromatic N) is 4. The number of benzene rings is 1. The SMILES string of the molecule is CC(C)CCn1nnc(C#N)c1-c1cccc(Br)c1. The first-order chi connectivity index (χ1) is 9.11. The van der Waals surface area contributed by atoms with Gasteiger partial charge >= 0.3 is 0 Å². The largest absolute Gasteiger partial charge is 0.243 e. The summed E-state index contributed by atoms with van der Waals surface area (Å²) in [5.74, 6) is 0.588. The molecule has 0 bridgehead atoms.